The van der Waals surface area contributed by atoms with Gasteiger partial charge < -0.3 is 5.11 Å². The summed E-state index contributed by atoms with van der Waals surface area (Å²) in [4.78, 5) is 24.9. The van der Waals surface area contributed by atoms with Crippen LogP contribution in [0.3, 0.4) is 0 Å². The summed E-state index contributed by atoms with van der Waals surface area (Å²) in [6.07, 6.45) is 3.85. The number of nitrogens with one attached hydrogen (secondary N) is 1. The Morgan fingerprint density at radius 3 is 2.88 bits per heavy atom. The first-order chi connectivity index (χ1) is 12.6. The van der Waals surface area contributed by atoms with Crippen LogP contribution < -0.4 is 10.2 Å². The molecule has 0 spiro atoms. The van der Waals surface area contributed by atoms with Gasteiger partial charge in [-0.2, -0.15) is 5.10 Å². The highest BCUT2D eigenvalue weighted by molar-refractivity contribution is 6.08. The van der Waals surface area contributed by atoms with Crippen LogP contribution in [0.15, 0.2) is 18.2 Å². The largest absolute Gasteiger partial charge is 0.396 e. The SMILES string of the molecule is Cn1nc(N2CCC(=O)NC2=O)c2ccc(C#CCCCCCO)cc21. The van der Waals surface area contributed by atoms with Crippen molar-refractivity contribution >= 4 is 28.7 Å². The smallest absolute Gasteiger partial charge is 0.329 e. The fraction of sp³-hybridized carbons (Fsp3) is 0.421. The van der Waals surface area contributed by atoms with Crippen LogP contribution in [-0.4, -0.2) is 40.0 Å². The van der Waals surface area contributed by atoms with Crippen molar-refractivity contribution in [2.45, 2.75) is 32.1 Å². The maximum absolute atomic E-state index is 12.1. The van der Waals surface area contributed by atoms with Gasteiger partial charge in [0.2, 0.25) is 5.91 Å². The van der Waals surface area contributed by atoms with Crippen LogP contribution in [-0.2, 0) is 11.8 Å². The van der Waals surface area contributed by atoms with Crippen molar-refractivity contribution in [1.29, 1.82) is 0 Å². The molecule has 0 radical (unpaired) electrons. The fourth-order valence-corrected chi connectivity index (χ4v) is 2.95. The Balaban J connectivity index is 1.79. The number of fused-ring (bicyclic) bond motifs is 1. The van der Waals surface area contributed by atoms with Crippen LogP contribution in [0.25, 0.3) is 10.9 Å². The first kappa shape index (κ1) is 18.0. The lowest BCUT2D eigenvalue weighted by atomic mass is 10.1. The van der Waals surface area contributed by atoms with E-state index in [0.717, 1.165) is 42.1 Å². The number of benzene rings is 1. The molecule has 2 aromatic rings. The Morgan fingerprint density at radius 2 is 2.12 bits per heavy atom. The van der Waals surface area contributed by atoms with Crippen LogP contribution >= 0.6 is 0 Å². The number of urea groups is 1. The third-order valence-corrected chi connectivity index (χ3v) is 4.33. The van der Waals surface area contributed by atoms with E-state index in [2.05, 4.69) is 22.3 Å². The van der Waals surface area contributed by atoms with Crippen LogP contribution in [0, 0.1) is 11.8 Å². The standard InChI is InChI=1S/C19H22N4O3/c1-22-16-13-14(7-5-3-2-4-6-12-24)8-9-15(16)18(21-22)23-11-10-17(25)20-19(23)26/h8-9,13,24H,2-4,6,10-12H2,1H3,(H,20,25,26). The monoisotopic (exact) mass is 354 g/mol. The number of hydrogen-bond donors (Lipinski definition) is 2. The maximum atomic E-state index is 12.1. The normalized spacial score (nSPS) is 14.3. The molecule has 0 unspecified atom stereocenters. The van der Waals surface area contributed by atoms with E-state index in [1.165, 1.54) is 4.90 Å². The molecule has 0 bridgehead atoms. The Labute approximate surface area is 152 Å². The number of amides is 3. The number of aromatic nitrogens is 2. The van der Waals surface area contributed by atoms with Crippen molar-refractivity contribution in [2.24, 2.45) is 7.05 Å². The molecule has 1 fully saturated rings. The summed E-state index contributed by atoms with van der Waals surface area (Å²) in [5.74, 6) is 6.60. The number of hydrogen-bond acceptors (Lipinski definition) is 4. The van der Waals surface area contributed by atoms with Gasteiger partial charge in [-0.05, 0) is 31.0 Å². The van der Waals surface area contributed by atoms with Crippen molar-refractivity contribution < 1.29 is 14.7 Å². The van der Waals surface area contributed by atoms with E-state index >= 15 is 0 Å². The Bertz CT molecular complexity index is 891. The number of carbonyl (C=O) groups excluding carboxylic acids is 2. The minimum Gasteiger partial charge on any atom is -0.396 e. The topological polar surface area (TPSA) is 87.5 Å². The molecular formula is C19H22N4O3. The third-order valence-electron chi connectivity index (χ3n) is 4.33. The Morgan fingerprint density at radius 1 is 1.27 bits per heavy atom. The molecule has 3 amide bonds. The molecule has 2 heterocycles. The van der Waals surface area contributed by atoms with Crippen molar-refractivity contribution in [3.8, 4) is 11.8 Å². The highest BCUT2D eigenvalue weighted by Crippen LogP contribution is 2.27. The maximum Gasteiger partial charge on any atom is 0.329 e. The minimum atomic E-state index is -0.437. The second kappa shape index (κ2) is 8.02. The van der Waals surface area contributed by atoms with Gasteiger partial charge in [-0.3, -0.25) is 19.7 Å². The van der Waals surface area contributed by atoms with Gasteiger partial charge in [0.05, 0.1) is 5.52 Å². The van der Waals surface area contributed by atoms with Gasteiger partial charge in [-0.1, -0.05) is 18.3 Å². The fourth-order valence-electron chi connectivity index (χ4n) is 2.95. The van der Waals surface area contributed by atoms with Gasteiger partial charge in [0.15, 0.2) is 5.82 Å². The summed E-state index contributed by atoms with van der Waals surface area (Å²) in [6, 6.07) is 5.35. The third kappa shape index (κ3) is 3.86. The van der Waals surface area contributed by atoms with Gasteiger partial charge in [-0.15, -0.1) is 0 Å². The van der Waals surface area contributed by atoms with E-state index in [4.69, 9.17) is 5.11 Å². The number of imide groups is 1. The van der Waals surface area contributed by atoms with Crippen LogP contribution in [0.4, 0.5) is 10.6 Å². The van der Waals surface area contributed by atoms with Crippen LogP contribution in [0.5, 0.6) is 0 Å². The molecule has 7 nitrogen and oxygen atoms in total. The van der Waals surface area contributed by atoms with Crippen LogP contribution in [0.1, 0.15) is 37.7 Å². The molecule has 1 aromatic carbocycles. The molecule has 3 rings (SSSR count). The molecular weight excluding hydrogens is 332 g/mol. The Kier molecular flexibility index (Phi) is 5.54. The zero-order chi connectivity index (χ0) is 18.5. The number of unbranched alkanes of at least 4 members (excludes halogenated alkanes) is 3. The molecule has 2 N–H and O–H groups in total. The number of aryl methyl sites for hydroxylation is 1. The highest BCUT2D eigenvalue weighted by Gasteiger charge is 2.27. The van der Waals surface area contributed by atoms with Crippen molar-refractivity contribution in [3.63, 3.8) is 0 Å². The summed E-state index contributed by atoms with van der Waals surface area (Å²) in [5, 5.41) is 16.4. The number of carbonyl (C=O) groups is 2. The quantitative estimate of drug-likeness (QED) is 0.634. The van der Waals surface area contributed by atoms with E-state index in [0.29, 0.717) is 12.4 Å². The number of nitrogens with zero attached hydrogens (tertiary/aromatic N) is 3. The summed E-state index contributed by atoms with van der Waals surface area (Å²) in [6.45, 7) is 0.558. The molecule has 0 saturated carbocycles. The lowest BCUT2D eigenvalue weighted by Crippen LogP contribution is -2.49. The second-order valence-electron chi connectivity index (χ2n) is 6.27. The zero-order valence-electron chi connectivity index (χ0n) is 14.8. The molecule has 1 saturated heterocycles. The lowest BCUT2D eigenvalue weighted by molar-refractivity contribution is -0.120. The molecule has 1 aliphatic rings. The van der Waals surface area contributed by atoms with Gasteiger partial charge >= 0.3 is 6.03 Å². The molecule has 0 aliphatic carbocycles. The molecule has 0 atom stereocenters. The summed E-state index contributed by atoms with van der Waals surface area (Å²) < 4.78 is 1.72. The molecule has 1 aromatic heterocycles. The van der Waals surface area contributed by atoms with Gasteiger partial charge in [0.1, 0.15) is 0 Å². The zero-order valence-corrected chi connectivity index (χ0v) is 14.8. The van der Waals surface area contributed by atoms with Crippen molar-refractivity contribution in [2.75, 3.05) is 18.1 Å². The average molecular weight is 354 g/mol. The number of aliphatic hydroxyl groups is 1. The first-order valence-corrected chi connectivity index (χ1v) is 8.78. The van der Waals surface area contributed by atoms with E-state index in [-0.39, 0.29) is 18.9 Å². The predicted octanol–water partition coefficient (Wildman–Crippen LogP) is 1.92. The summed E-state index contributed by atoms with van der Waals surface area (Å²) in [7, 11) is 1.82. The minimum absolute atomic E-state index is 0.232. The van der Waals surface area contributed by atoms with Crippen LogP contribution in [0.2, 0.25) is 0 Å². The van der Waals surface area contributed by atoms with Crippen molar-refractivity contribution in [3.05, 3.63) is 23.8 Å². The molecule has 1 aliphatic heterocycles. The van der Waals surface area contributed by atoms with E-state index in [1.807, 2.05) is 25.2 Å². The number of anilines is 1. The molecule has 26 heavy (non-hydrogen) atoms. The Hall–Kier alpha value is -2.85. The number of aliphatic hydroxyl groups excluding tert-OH is 1. The molecule has 136 valence electrons. The van der Waals surface area contributed by atoms with Gasteiger partial charge in [-0.25, -0.2) is 4.79 Å². The summed E-state index contributed by atoms with van der Waals surface area (Å²) >= 11 is 0. The average Bonchev–Trinajstić information content (AvgIpc) is 2.94. The van der Waals surface area contributed by atoms with E-state index < -0.39 is 6.03 Å². The van der Waals surface area contributed by atoms with Crippen molar-refractivity contribution in [1.82, 2.24) is 15.1 Å². The van der Waals surface area contributed by atoms with Gasteiger partial charge in [0.25, 0.3) is 0 Å². The second-order valence-corrected chi connectivity index (χ2v) is 6.27. The highest BCUT2D eigenvalue weighted by atomic mass is 16.3. The number of rotatable bonds is 5. The van der Waals surface area contributed by atoms with E-state index in [1.54, 1.807) is 4.68 Å². The summed E-state index contributed by atoms with van der Waals surface area (Å²) in [5.41, 5.74) is 1.78. The first-order valence-electron chi connectivity index (χ1n) is 8.78. The lowest BCUT2D eigenvalue weighted by Gasteiger charge is -2.24. The molecule has 7 heteroatoms. The predicted molar refractivity (Wildman–Crippen MR) is 98.6 cm³/mol. The van der Waals surface area contributed by atoms with Gasteiger partial charge in [0, 0.05) is 44.0 Å². The van der Waals surface area contributed by atoms with E-state index in [9.17, 15) is 9.59 Å².